The Hall–Kier alpha value is -2.20. The summed E-state index contributed by atoms with van der Waals surface area (Å²) in [5.41, 5.74) is 8.24. The van der Waals surface area contributed by atoms with Gasteiger partial charge in [-0.15, -0.1) is 0 Å². The summed E-state index contributed by atoms with van der Waals surface area (Å²) < 4.78 is 26.1. The van der Waals surface area contributed by atoms with Crippen LogP contribution in [0.25, 0.3) is 0 Å². The molecular weight excluding hydrogens is 578 g/mol. The largest absolute Gasteiger partial charge is 0.351 e. The molecule has 2 aromatic carbocycles. The van der Waals surface area contributed by atoms with Gasteiger partial charge in [-0.3, -0.25) is 9.59 Å². The fourth-order valence-corrected chi connectivity index (χ4v) is 4.47. The maximum atomic E-state index is 13.4. The van der Waals surface area contributed by atoms with Gasteiger partial charge >= 0.3 is 0 Å². The van der Waals surface area contributed by atoms with E-state index >= 15 is 0 Å². The van der Waals surface area contributed by atoms with E-state index in [1.165, 1.54) is 23.4 Å². The second-order valence-corrected chi connectivity index (χ2v) is 12.8. The van der Waals surface area contributed by atoms with Crippen molar-refractivity contribution in [2.45, 2.75) is 71.4 Å². The summed E-state index contributed by atoms with van der Waals surface area (Å²) in [6.07, 6.45) is 6.37. The molecule has 10 heteroatoms. The molecule has 1 aliphatic rings. The molecule has 0 atom stereocenters. The Morgan fingerprint density at radius 3 is 2.33 bits per heavy atom. The summed E-state index contributed by atoms with van der Waals surface area (Å²) >= 11 is 7.92. The number of thioether (sulfide) groups is 1. The van der Waals surface area contributed by atoms with Crippen molar-refractivity contribution in [3.63, 3.8) is 0 Å². The van der Waals surface area contributed by atoms with Crippen LogP contribution in [-0.2, 0) is 22.6 Å². The number of piperidine rings is 1. The predicted molar refractivity (Wildman–Crippen MR) is 173 cm³/mol. The molecular formula is C32H49ClF2N4O2S. The standard InChI is InChI=1S/C15H20ClN3O2.C14H21F2N.C3H8S/c16-13-1-2-14(11-3-5-19(10-20)6-4-11)12(7-13)9-18-15(21)8-17;1-14(2,3)17(4)9-5-6-11-7-8-12(15)10-13(11)16;1-3-4-2/h1-2,7,10-11H,3-6,8-9,17H2,(H,18,21);7-8,10H,5-6,9H2,1-4H3;3H2,1-2H3. The molecule has 0 aliphatic carbocycles. The Bertz CT molecular complexity index is 1090. The second kappa shape index (κ2) is 19.9. The number of amides is 2. The SMILES string of the molecule is CCSC.CN(CCCc1ccc(F)cc1F)C(C)(C)C.NCC(=O)NCc1cc(Cl)ccc1C1CCN(C=O)CC1. The third kappa shape index (κ3) is 14.3. The average molecular weight is 627 g/mol. The van der Waals surface area contributed by atoms with E-state index in [0.29, 0.717) is 29.5 Å². The van der Waals surface area contributed by atoms with Gasteiger partial charge in [-0.1, -0.05) is 30.7 Å². The molecule has 0 radical (unpaired) electrons. The zero-order valence-electron chi connectivity index (χ0n) is 26.0. The van der Waals surface area contributed by atoms with Crippen LogP contribution in [0.4, 0.5) is 8.78 Å². The van der Waals surface area contributed by atoms with Gasteiger partial charge in [-0.2, -0.15) is 11.8 Å². The van der Waals surface area contributed by atoms with Crippen molar-refractivity contribution in [2.24, 2.45) is 5.73 Å². The molecule has 3 N–H and O–H groups in total. The zero-order valence-corrected chi connectivity index (χ0v) is 27.6. The Kier molecular flexibility index (Phi) is 17.9. The number of halogens is 3. The quantitative estimate of drug-likeness (QED) is 0.305. The number of carbonyl (C=O) groups is 2. The van der Waals surface area contributed by atoms with Gasteiger partial charge in [0.15, 0.2) is 0 Å². The molecule has 0 aromatic heterocycles. The molecule has 236 valence electrons. The van der Waals surface area contributed by atoms with Crippen LogP contribution in [0, 0.1) is 11.6 Å². The highest BCUT2D eigenvalue weighted by Crippen LogP contribution is 2.31. The topological polar surface area (TPSA) is 78.7 Å². The predicted octanol–water partition coefficient (Wildman–Crippen LogP) is 6.25. The second-order valence-electron chi connectivity index (χ2n) is 11.2. The first-order valence-corrected chi connectivity index (χ1v) is 16.2. The van der Waals surface area contributed by atoms with Gasteiger partial charge in [-0.05, 0) is 113 Å². The van der Waals surface area contributed by atoms with Crippen molar-refractivity contribution >= 4 is 35.7 Å². The van der Waals surface area contributed by atoms with E-state index in [9.17, 15) is 18.4 Å². The molecule has 1 fully saturated rings. The number of nitrogens with one attached hydrogen (secondary N) is 1. The number of hydrogen-bond donors (Lipinski definition) is 2. The minimum Gasteiger partial charge on any atom is -0.351 e. The minimum atomic E-state index is -0.516. The van der Waals surface area contributed by atoms with E-state index in [2.05, 4.69) is 51.2 Å². The van der Waals surface area contributed by atoms with Crippen LogP contribution in [0.5, 0.6) is 0 Å². The fraction of sp³-hybridized carbons (Fsp3) is 0.562. The van der Waals surface area contributed by atoms with Crippen molar-refractivity contribution in [1.82, 2.24) is 15.1 Å². The van der Waals surface area contributed by atoms with E-state index in [0.717, 1.165) is 56.9 Å². The molecule has 0 unspecified atom stereocenters. The van der Waals surface area contributed by atoms with Crippen LogP contribution in [0.2, 0.25) is 5.02 Å². The Morgan fingerprint density at radius 1 is 1.17 bits per heavy atom. The Balaban J connectivity index is 0.000000379. The average Bonchev–Trinajstić information content (AvgIpc) is 2.97. The highest BCUT2D eigenvalue weighted by molar-refractivity contribution is 7.98. The van der Waals surface area contributed by atoms with E-state index in [1.54, 1.807) is 4.90 Å². The summed E-state index contributed by atoms with van der Waals surface area (Å²) in [6, 6.07) is 9.57. The van der Waals surface area contributed by atoms with Gasteiger partial charge in [-0.25, -0.2) is 8.78 Å². The van der Waals surface area contributed by atoms with Gasteiger partial charge in [0.2, 0.25) is 12.3 Å². The van der Waals surface area contributed by atoms with Crippen LogP contribution in [-0.4, -0.2) is 72.9 Å². The van der Waals surface area contributed by atoms with Crippen molar-refractivity contribution < 1.29 is 18.4 Å². The fourth-order valence-electron chi connectivity index (χ4n) is 4.27. The lowest BCUT2D eigenvalue weighted by Crippen LogP contribution is -2.38. The number of hydrogen-bond acceptors (Lipinski definition) is 5. The molecule has 42 heavy (non-hydrogen) atoms. The van der Waals surface area contributed by atoms with Crippen molar-refractivity contribution in [1.29, 1.82) is 0 Å². The van der Waals surface area contributed by atoms with Gasteiger partial charge in [0, 0.05) is 36.3 Å². The van der Waals surface area contributed by atoms with Crippen molar-refractivity contribution in [2.75, 3.05) is 45.2 Å². The van der Waals surface area contributed by atoms with Crippen molar-refractivity contribution in [3.05, 3.63) is 69.7 Å². The monoisotopic (exact) mass is 626 g/mol. The molecule has 3 rings (SSSR count). The van der Waals surface area contributed by atoms with Crippen molar-refractivity contribution in [3.8, 4) is 0 Å². The molecule has 2 amide bonds. The molecule has 1 heterocycles. The smallest absolute Gasteiger partial charge is 0.234 e. The summed E-state index contributed by atoms with van der Waals surface area (Å²) in [4.78, 5) is 26.1. The number of likely N-dealkylation sites (tertiary alicyclic amines) is 1. The lowest BCUT2D eigenvalue weighted by atomic mass is 9.86. The number of nitrogens with two attached hydrogens (primary N) is 1. The molecule has 2 aromatic rings. The lowest BCUT2D eigenvalue weighted by molar-refractivity contribution is -0.120. The van der Waals surface area contributed by atoms with Crippen LogP contribution in [0.15, 0.2) is 36.4 Å². The first-order valence-electron chi connectivity index (χ1n) is 14.4. The molecule has 6 nitrogen and oxygen atoms in total. The third-order valence-electron chi connectivity index (χ3n) is 7.27. The van der Waals surface area contributed by atoms with Crippen LogP contribution < -0.4 is 11.1 Å². The Morgan fingerprint density at radius 2 is 1.81 bits per heavy atom. The molecule has 0 spiro atoms. The van der Waals surface area contributed by atoms with E-state index in [4.69, 9.17) is 17.3 Å². The van der Waals surface area contributed by atoms with Gasteiger partial charge < -0.3 is 20.9 Å². The first kappa shape index (κ1) is 37.8. The highest BCUT2D eigenvalue weighted by atomic mass is 35.5. The van der Waals surface area contributed by atoms with E-state index in [-0.39, 0.29) is 18.0 Å². The molecule has 0 bridgehead atoms. The summed E-state index contributed by atoms with van der Waals surface area (Å²) in [5, 5.41) is 3.44. The summed E-state index contributed by atoms with van der Waals surface area (Å²) in [6.45, 7) is 11.4. The van der Waals surface area contributed by atoms with Gasteiger partial charge in [0.25, 0.3) is 0 Å². The minimum absolute atomic E-state index is 0.0202. The zero-order chi connectivity index (χ0) is 31.7. The number of carbonyl (C=O) groups excluding carboxylic acids is 2. The van der Waals surface area contributed by atoms with E-state index < -0.39 is 11.6 Å². The third-order valence-corrected chi connectivity index (χ3v) is 8.09. The summed E-state index contributed by atoms with van der Waals surface area (Å²) in [5.74, 6) is 0.487. The van der Waals surface area contributed by atoms with E-state index in [1.807, 2.05) is 30.0 Å². The van der Waals surface area contributed by atoms with Crippen LogP contribution in [0.1, 0.15) is 69.6 Å². The van der Waals surface area contributed by atoms with Crippen LogP contribution in [0.3, 0.4) is 0 Å². The number of benzene rings is 2. The molecule has 1 saturated heterocycles. The van der Waals surface area contributed by atoms with Crippen LogP contribution >= 0.6 is 23.4 Å². The van der Waals surface area contributed by atoms with Gasteiger partial charge in [0.1, 0.15) is 11.6 Å². The number of nitrogens with zero attached hydrogens (tertiary/aromatic N) is 2. The maximum absolute atomic E-state index is 13.4. The maximum Gasteiger partial charge on any atom is 0.234 e. The number of aryl methyl sites for hydroxylation is 1. The molecule has 0 saturated carbocycles. The van der Waals surface area contributed by atoms with Gasteiger partial charge in [0.05, 0.1) is 6.54 Å². The number of rotatable bonds is 10. The Labute approximate surface area is 260 Å². The first-order chi connectivity index (χ1) is 19.9. The molecule has 1 aliphatic heterocycles. The lowest BCUT2D eigenvalue weighted by Gasteiger charge is -2.31. The summed E-state index contributed by atoms with van der Waals surface area (Å²) in [7, 11) is 2.06. The normalized spacial score (nSPS) is 13.5. The highest BCUT2D eigenvalue weighted by Gasteiger charge is 2.22.